The minimum absolute atomic E-state index is 0.000550. The van der Waals surface area contributed by atoms with Gasteiger partial charge in [0.1, 0.15) is 5.52 Å². The summed E-state index contributed by atoms with van der Waals surface area (Å²) in [5.74, 6) is -0.205. The Morgan fingerprint density at radius 2 is 2.31 bits per heavy atom. The van der Waals surface area contributed by atoms with Crippen LogP contribution in [-0.2, 0) is 4.79 Å². The molecule has 1 heterocycles. The van der Waals surface area contributed by atoms with Gasteiger partial charge in [0.15, 0.2) is 5.58 Å². The van der Waals surface area contributed by atoms with Gasteiger partial charge < -0.3 is 15.9 Å². The fourth-order valence-electron chi connectivity index (χ4n) is 1.38. The van der Waals surface area contributed by atoms with Crippen LogP contribution in [0.5, 0.6) is 0 Å². The summed E-state index contributed by atoms with van der Waals surface area (Å²) >= 11 is 5.80. The number of benzene rings is 1. The molecular weight excluding hydrogens is 230 g/mol. The smallest absolute Gasteiger partial charge is 0.219 e. The summed E-state index contributed by atoms with van der Waals surface area (Å²) in [7, 11) is 0. The topological polar surface area (TPSA) is 95.1 Å². The molecule has 0 radical (unpaired) electrons. The van der Waals surface area contributed by atoms with E-state index in [-0.39, 0.29) is 12.3 Å². The largest absolute Gasteiger partial charge is 0.439 e. The summed E-state index contributed by atoms with van der Waals surface area (Å²) in [4.78, 5) is 14.9. The molecule has 0 aliphatic carbocycles. The van der Waals surface area contributed by atoms with E-state index in [4.69, 9.17) is 27.5 Å². The lowest BCUT2D eigenvalue weighted by molar-refractivity contribution is -0.118. The number of rotatable bonds is 3. The van der Waals surface area contributed by atoms with Gasteiger partial charge in [-0.25, -0.2) is 4.98 Å². The van der Waals surface area contributed by atoms with Crippen molar-refractivity contribution in [3.8, 4) is 0 Å². The van der Waals surface area contributed by atoms with Crippen LogP contribution in [0.4, 0.5) is 0 Å². The summed E-state index contributed by atoms with van der Waals surface area (Å²) in [6, 6.07) is 4.45. The first kappa shape index (κ1) is 10.9. The van der Waals surface area contributed by atoms with Crippen LogP contribution in [0.25, 0.3) is 11.1 Å². The molecule has 0 saturated heterocycles. The van der Waals surface area contributed by atoms with Gasteiger partial charge in [-0.1, -0.05) is 11.6 Å². The van der Waals surface area contributed by atoms with Crippen molar-refractivity contribution in [3.05, 3.63) is 29.1 Å². The van der Waals surface area contributed by atoms with Crippen molar-refractivity contribution in [2.24, 2.45) is 11.5 Å². The molecule has 0 aliphatic heterocycles. The summed E-state index contributed by atoms with van der Waals surface area (Å²) in [6.07, 6.45) is 0.000550. The van der Waals surface area contributed by atoms with Gasteiger partial charge in [-0.15, -0.1) is 0 Å². The van der Waals surface area contributed by atoms with Crippen LogP contribution in [0.3, 0.4) is 0 Å². The van der Waals surface area contributed by atoms with E-state index in [0.29, 0.717) is 16.1 Å². The second-order valence-electron chi connectivity index (χ2n) is 3.44. The Morgan fingerprint density at radius 1 is 1.56 bits per heavy atom. The molecular formula is C10H10ClN3O2. The molecule has 16 heavy (non-hydrogen) atoms. The van der Waals surface area contributed by atoms with Gasteiger partial charge in [0.2, 0.25) is 11.8 Å². The molecule has 1 amide bonds. The van der Waals surface area contributed by atoms with E-state index in [1.165, 1.54) is 0 Å². The zero-order valence-electron chi connectivity index (χ0n) is 8.31. The van der Waals surface area contributed by atoms with Gasteiger partial charge in [0.05, 0.1) is 12.5 Å². The number of carbonyl (C=O) groups is 1. The summed E-state index contributed by atoms with van der Waals surface area (Å²) in [6.45, 7) is 0. The zero-order valence-corrected chi connectivity index (χ0v) is 9.07. The highest BCUT2D eigenvalue weighted by atomic mass is 35.5. The number of nitrogens with zero attached hydrogens (tertiary/aromatic N) is 1. The third-order valence-electron chi connectivity index (χ3n) is 2.11. The Hall–Kier alpha value is -1.59. The van der Waals surface area contributed by atoms with E-state index >= 15 is 0 Å². The van der Waals surface area contributed by atoms with Crippen molar-refractivity contribution < 1.29 is 9.21 Å². The molecule has 0 saturated carbocycles. The molecule has 6 heteroatoms. The predicted octanol–water partition coefficient (Wildman–Crippen LogP) is 1.36. The number of oxazole rings is 1. The molecule has 5 nitrogen and oxygen atoms in total. The highest BCUT2D eigenvalue weighted by Crippen LogP contribution is 2.23. The number of carbonyl (C=O) groups excluding carboxylic acids is 1. The molecule has 2 aromatic rings. The number of primary amides is 1. The van der Waals surface area contributed by atoms with Crippen LogP contribution in [0.15, 0.2) is 22.6 Å². The molecule has 1 aromatic heterocycles. The van der Waals surface area contributed by atoms with E-state index in [1.54, 1.807) is 18.2 Å². The third kappa shape index (κ3) is 2.15. The Morgan fingerprint density at radius 3 is 3.00 bits per heavy atom. The second kappa shape index (κ2) is 4.11. The highest BCUT2D eigenvalue weighted by molar-refractivity contribution is 6.31. The average molecular weight is 240 g/mol. The fraction of sp³-hybridized carbons (Fsp3) is 0.200. The van der Waals surface area contributed by atoms with Crippen molar-refractivity contribution in [1.29, 1.82) is 0 Å². The monoisotopic (exact) mass is 239 g/mol. The zero-order chi connectivity index (χ0) is 11.7. The Bertz CT molecular complexity index is 538. The first-order valence-corrected chi connectivity index (χ1v) is 5.04. The number of hydrogen-bond acceptors (Lipinski definition) is 4. The lowest BCUT2D eigenvalue weighted by Crippen LogP contribution is -2.20. The maximum Gasteiger partial charge on any atom is 0.219 e. The summed E-state index contributed by atoms with van der Waals surface area (Å²) in [5.41, 5.74) is 11.9. The summed E-state index contributed by atoms with van der Waals surface area (Å²) in [5, 5.41) is 0.554. The standard InChI is InChI=1S/C10H10ClN3O2/c11-5-1-2-7-8(3-5)16-10(14-7)6(12)4-9(13)15/h1-3,6H,4,12H2,(H2,13,15)/t6-/m0/s1. The fourth-order valence-corrected chi connectivity index (χ4v) is 1.54. The first-order valence-electron chi connectivity index (χ1n) is 4.66. The number of fused-ring (bicyclic) bond motifs is 1. The average Bonchev–Trinajstić information content (AvgIpc) is 2.59. The van der Waals surface area contributed by atoms with Gasteiger partial charge in [-0.3, -0.25) is 4.79 Å². The van der Waals surface area contributed by atoms with E-state index in [0.717, 1.165) is 0 Å². The maximum atomic E-state index is 10.7. The predicted molar refractivity (Wildman–Crippen MR) is 59.8 cm³/mol. The van der Waals surface area contributed by atoms with E-state index in [9.17, 15) is 4.79 Å². The molecule has 4 N–H and O–H groups in total. The minimum Gasteiger partial charge on any atom is -0.439 e. The third-order valence-corrected chi connectivity index (χ3v) is 2.34. The molecule has 84 valence electrons. The van der Waals surface area contributed by atoms with Crippen LogP contribution < -0.4 is 11.5 Å². The Kier molecular flexibility index (Phi) is 2.80. The van der Waals surface area contributed by atoms with Crippen molar-refractivity contribution in [2.45, 2.75) is 12.5 Å². The van der Waals surface area contributed by atoms with Gasteiger partial charge in [-0.2, -0.15) is 0 Å². The number of nitrogens with two attached hydrogens (primary N) is 2. The Balaban J connectivity index is 2.35. The van der Waals surface area contributed by atoms with Gasteiger partial charge in [-0.05, 0) is 12.1 Å². The van der Waals surface area contributed by atoms with Crippen molar-refractivity contribution >= 4 is 28.6 Å². The maximum absolute atomic E-state index is 10.7. The molecule has 0 bridgehead atoms. The van der Waals surface area contributed by atoms with E-state index in [2.05, 4.69) is 4.98 Å². The van der Waals surface area contributed by atoms with Crippen LogP contribution in [0.2, 0.25) is 5.02 Å². The van der Waals surface area contributed by atoms with Crippen molar-refractivity contribution in [1.82, 2.24) is 4.98 Å². The number of halogens is 1. The lowest BCUT2D eigenvalue weighted by Gasteiger charge is -2.02. The summed E-state index contributed by atoms with van der Waals surface area (Å²) < 4.78 is 5.38. The highest BCUT2D eigenvalue weighted by Gasteiger charge is 2.16. The van der Waals surface area contributed by atoms with Crippen LogP contribution in [0.1, 0.15) is 18.4 Å². The van der Waals surface area contributed by atoms with Crippen LogP contribution in [-0.4, -0.2) is 10.9 Å². The molecule has 1 atom stereocenters. The molecule has 1 aromatic carbocycles. The molecule has 0 spiro atoms. The lowest BCUT2D eigenvalue weighted by atomic mass is 10.2. The van der Waals surface area contributed by atoms with E-state index in [1.807, 2.05) is 0 Å². The second-order valence-corrected chi connectivity index (χ2v) is 3.88. The molecule has 2 rings (SSSR count). The number of aromatic nitrogens is 1. The quantitative estimate of drug-likeness (QED) is 0.845. The van der Waals surface area contributed by atoms with E-state index < -0.39 is 11.9 Å². The number of amides is 1. The Labute approximate surface area is 96.4 Å². The van der Waals surface area contributed by atoms with Crippen molar-refractivity contribution in [2.75, 3.05) is 0 Å². The first-order chi connectivity index (χ1) is 7.56. The van der Waals surface area contributed by atoms with Crippen LogP contribution in [0, 0.1) is 0 Å². The molecule has 0 unspecified atom stereocenters. The van der Waals surface area contributed by atoms with Gasteiger partial charge in [0, 0.05) is 11.1 Å². The number of hydrogen-bond donors (Lipinski definition) is 2. The van der Waals surface area contributed by atoms with Gasteiger partial charge >= 0.3 is 0 Å². The molecule has 0 aliphatic rings. The normalized spacial score (nSPS) is 12.9. The minimum atomic E-state index is -0.622. The van der Waals surface area contributed by atoms with Crippen LogP contribution >= 0.6 is 11.6 Å². The molecule has 0 fully saturated rings. The van der Waals surface area contributed by atoms with Gasteiger partial charge in [0.25, 0.3) is 0 Å². The SMILES string of the molecule is NC(=O)C[C@H](N)c1nc2ccc(Cl)cc2o1. The van der Waals surface area contributed by atoms with Crippen molar-refractivity contribution in [3.63, 3.8) is 0 Å².